The number of methoxy groups -OCH3 is 2. The molecule has 1 fully saturated rings. The van der Waals surface area contributed by atoms with Crippen molar-refractivity contribution in [3.8, 4) is 17.2 Å². The predicted molar refractivity (Wildman–Crippen MR) is 113 cm³/mol. The molecule has 2 aliphatic rings. The van der Waals surface area contributed by atoms with E-state index in [4.69, 9.17) is 14.2 Å². The van der Waals surface area contributed by atoms with E-state index in [1.165, 1.54) is 0 Å². The van der Waals surface area contributed by atoms with Crippen molar-refractivity contribution >= 4 is 11.7 Å². The Hall–Kier alpha value is -3.02. The Kier molecular flexibility index (Phi) is 5.18. The summed E-state index contributed by atoms with van der Waals surface area (Å²) in [5.41, 5.74) is 2.66. The number of ketones is 1. The molecule has 0 saturated carbocycles. The van der Waals surface area contributed by atoms with Gasteiger partial charge in [-0.25, -0.2) is 0 Å². The van der Waals surface area contributed by atoms with Crippen molar-refractivity contribution in [1.29, 1.82) is 0 Å². The zero-order chi connectivity index (χ0) is 21.5. The molecule has 0 bridgehead atoms. The maximum absolute atomic E-state index is 13.3. The summed E-state index contributed by atoms with van der Waals surface area (Å²) >= 11 is 0. The van der Waals surface area contributed by atoms with E-state index >= 15 is 0 Å². The fraction of sp³-hybridized carbons (Fsp3) is 0.417. The van der Waals surface area contributed by atoms with E-state index < -0.39 is 5.60 Å². The monoisotopic (exact) mass is 409 g/mol. The van der Waals surface area contributed by atoms with Crippen molar-refractivity contribution in [2.45, 2.75) is 38.7 Å². The van der Waals surface area contributed by atoms with Gasteiger partial charge in [-0.15, -0.1) is 0 Å². The lowest BCUT2D eigenvalue weighted by molar-refractivity contribution is -0.00630. The first-order valence-electron chi connectivity index (χ1n) is 10.2. The van der Waals surface area contributed by atoms with Gasteiger partial charge in [0.1, 0.15) is 28.4 Å². The van der Waals surface area contributed by atoms with Crippen LogP contribution in [0.4, 0.5) is 0 Å². The summed E-state index contributed by atoms with van der Waals surface area (Å²) in [6.45, 7) is 5.03. The van der Waals surface area contributed by atoms with Crippen LogP contribution in [0.2, 0.25) is 0 Å². The van der Waals surface area contributed by atoms with Crippen molar-refractivity contribution in [3.05, 3.63) is 52.6 Å². The van der Waals surface area contributed by atoms with Crippen molar-refractivity contribution in [3.63, 3.8) is 0 Å². The fourth-order valence-corrected chi connectivity index (χ4v) is 4.40. The van der Waals surface area contributed by atoms with Crippen LogP contribution >= 0.6 is 0 Å². The van der Waals surface area contributed by atoms with Crippen LogP contribution in [0.5, 0.6) is 17.2 Å². The van der Waals surface area contributed by atoms with Crippen molar-refractivity contribution < 1.29 is 23.8 Å². The SMILES string of the molecule is COc1cccc(OC)c1C(=O)N1CCC2(CC1)CC(=O)c1ccc(C)c(C)c1O2. The Labute approximate surface area is 176 Å². The molecule has 2 aromatic carbocycles. The minimum atomic E-state index is -0.551. The molecule has 4 rings (SSSR count). The number of likely N-dealkylation sites (tertiary alicyclic amines) is 1. The quantitative estimate of drug-likeness (QED) is 0.768. The summed E-state index contributed by atoms with van der Waals surface area (Å²) in [4.78, 5) is 27.9. The number of nitrogens with zero attached hydrogens (tertiary/aromatic N) is 1. The van der Waals surface area contributed by atoms with E-state index in [1.54, 1.807) is 37.3 Å². The Balaban J connectivity index is 1.56. The Morgan fingerprint density at radius 3 is 2.27 bits per heavy atom. The highest BCUT2D eigenvalue weighted by Crippen LogP contribution is 2.42. The number of rotatable bonds is 3. The first-order chi connectivity index (χ1) is 14.4. The maximum Gasteiger partial charge on any atom is 0.261 e. The van der Waals surface area contributed by atoms with Gasteiger partial charge in [0.25, 0.3) is 5.91 Å². The van der Waals surface area contributed by atoms with Crippen LogP contribution in [-0.4, -0.2) is 49.5 Å². The molecule has 0 aliphatic carbocycles. The second kappa shape index (κ2) is 7.67. The Bertz CT molecular complexity index is 983. The van der Waals surface area contributed by atoms with E-state index in [0.29, 0.717) is 60.7 Å². The highest BCUT2D eigenvalue weighted by Gasteiger charge is 2.44. The zero-order valence-electron chi connectivity index (χ0n) is 17.9. The molecule has 2 heterocycles. The highest BCUT2D eigenvalue weighted by atomic mass is 16.5. The van der Waals surface area contributed by atoms with Crippen molar-refractivity contribution in [1.82, 2.24) is 4.90 Å². The number of hydrogen-bond acceptors (Lipinski definition) is 5. The van der Waals surface area contributed by atoms with Gasteiger partial charge in [-0.3, -0.25) is 9.59 Å². The molecule has 1 saturated heterocycles. The number of ether oxygens (including phenoxy) is 3. The number of amides is 1. The van der Waals surface area contributed by atoms with Gasteiger partial charge in [0.15, 0.2) is 5.78 Å². The summed E-state index contributed by atoms with van der Waals surface area (Å²) in [6, 6.07) is 9.13. The van der Waals surface area contributed by atoms with Gasteiger partial charge in [0.05, 0.1) is 26.2 Å². The molecule has 6 heteroatoms. The average molecular weight is 409 g/mol. The average Bonchev–Trinajstić information content (AvgIpc) is 2.76. The molecule has 1 spiro atoms. The first-order valence-corrected chi connectivity index (χ1v) is 10.2. The van der Waals surface area contributed by atoms with Crippen LogP contribution in [0.1, 0.15) is 51.1 Å². The molecule has 0 aromatic heterocycles. The minimum absolute atomic E-state index is 0.116. The number of aryl methyl sites for hydroxylation is 1. The molecule has 0 radical (unpaired) electrons. The second-order valence-corrected chi connectivity index (χ2v) is 8.10. The molecule has 6 nitrogen and oxygen atoms in total. The van der Waals surface area contributed by atoms with Gasteiger partial charge in [0, 0.05) is 25.9 Å². The largest absolute Gasteiger partial charge is 0.496 e. The molecule has 158 valence electrons. The first kappa shape index (κ1) is 20.3. The van der Waals surface area contributed by atoms with Gasteiger partial charge in [-0.05, 0) is 43.2 Å². The van der Waals surface area contributed by atoms with Crippen LogP contribution in [0.15, 0.2) is 30.3 Å². The molecule has 2 aliphatic heterocycles. The number of hydrogen-bond donors (Lipinski definition) is 0. The lowest BCUT2D eigenvalue weighted by Gasteiger charge is -2.44. The lowest BCUT2D eigenvalue weighted by atomic mass is 9.81. The van der Waals surface area contributed by atoms with Crippen LogP contribution in [0, 0.1) is 13.8 Å². The van der Waals surface area contributed by atoms with Crippen molar-refractivity contribution in [2.75, 3.05) is 27.3 Å². The van der Waals surface area contributed by atoms with E-state index in [2.05, 4.69) is 0 Å². The molecule has 1 amide bonds. The van der Waals surface area contributed by atoms with E-state index in [1.807, 2.05) is 26.0 Å². The van der Waals surface area contributed by atoms with Crippen LogP contribution < -0.4 is 14.2 Å². The summed E-state index contributed by atoms with van der Waals surface area (Å²) in [6.07, 6.45) is 1.56. The van der Waals surface area contributed by atoms with Gasteiger partial charge < -0.3 is 19.1 Å². The standard InChI is InChI=1S/C24H27NO5/c1-15-8-9-17-18(26)14-24(30-22(17)16(15)2)10-12-25(13-11-24)23(27)21-19(28-3)6-5-7-20(21)29-4/h5-9H,10-14H2,1-4H3. The summed E-state index contributed by atoms with van der Waals surface area (Å²) < 4.78 is 17.2. The smallest absolute Gasteiger partial charge is 0.261 e. The summed E-state index contributed by atoms with van der Waals surface area (Å²) in [5, 5.41) is 0. The minimum Gasteiger partial charge on any atom is -0.496 e. The zero-order valence-corrected chi connectivity index (χ0v) is 17.9. The van der Waals surface area contributed by atoms with Gasteiger partial charge in [0.2, 0.25) is 0 Å². The Morgan fingerprint density at radius 2 is 1.67 bits per heavy atom. The Morgan fingerprint density at radius 1 is 1.03 bits per heavy atom. The third kappa shape index (κ3) is 3.30. The molecular formula is C24H27NO5. The molecule has 2 aromatic rings. The predicted octanol–water partition coefficient (Wildman–Crippen LogP) is 3.96. The molecule has 0 atom stereocenters. The normalized spacial score (nSPS) is 17.3. The van der Waals surface area contributed by atoms with Crippen LogP contribution in [-0.2, 0) is 0 Å². The topological polar surface area (TPSA) is 65.1 Å². The van der Waals surface area contributed by atoms with Crippen molar-refractivity contribution in [2.24, 2.45) is 0 Å². The third-order valence-electron chi connectivity index (χ3n) is 6.38. The summed E-state index contributed by atoms with van der Waals surface area (Å²) in [5.74, 6) is 1.67. The lowest BCUT2D eigenvalue weighted by Crippen LogP contribution is -2.52. The maximum atomic E-state index is 13.3. The third-order valence-corrected chi connectivity index (χ3v) is 6.38. The van der Waals surface area contributed by atoms with E-state index in [9.17, 15) is 9.59 Å². The number of fused-ring (bicyclic) bond motifs is 1. The number of piperidine rings is 1. The number of benzene rings is 2. The van der Waals surface area contributed by atoms with Gasteiger partial charge in [-0.1, -0.05) is 12.1 Å². The number of Topliss-reactive ketones (excluding diaryl/α,β-unsaturated/α-hetero) is 1. The van der Waals surface area contributed by atoms with E-state index in [-0.39, 0.29) is 11.7 Å². The molecule has 30 heavy (non-hydrogen) atoms. The van der Waals surface area contributed by atoms with Gasteiger partial charge in [-0.2, -0.15) is 0 Å². The fourth-order valence-electron chi connectivity index (χ4n) is 4.40. The number of carbonyl (C=O) groups excluding carboxylic acids is 2. The van der Waals surface area contributed by atoms with Crippen LogP contribution in [0.25, 0.3) is 0 Å². The molecule has 0 N–H and O–H groups in total. The second-order valence-electron chi connectivity index (χ2n) is 8.10. The summed E-state index contributed by atoms with van der Waals surface area (Å²) in [7, 11) is 3.08. The number of carbonyl (C=O) groups is 2. The van der Waals surface area contributed by atoms with E-state index in [0.717, 1.165) is 11.1 Å². The van der Waals surface area contributed by atoms with Crippen LogP contribution in [0.3, 0.4) is 0 Å². The molecular weight excluding hydrogens is 382 g/mol. The molecule has 0 unspecified atom stereocenters. The van der Waals surface area contributed by atoms with Gasteiger partial charge >= 0.3 is 0 Å². The highest BCUT2D eigenvalue weighted by molar-refractivity contribution is 6.01.